The minimum atomic E-state index is 0. The van der Waals surface area contributed by atoms with Gasteiger partial charge >= 0.3 is 0 Å². The first kappa shape index (κ1) is 20.2. The third-order valence-corrected chi connectivity index (χ3v) is 4.10. The maximum absolute atomic E-state index is 6.03. The van der Waals surface area contributed by atoms with E-state index in [2.05, 4.69) is 29.4 Å². The van der Waals surface area contributed by atoms with Crippen molar-refractivity contribution in [3.8, 4) is 0 Å². The van der Waals surface area contributed by atoms with Crippen molar-refractivity contribution in [1.82, 2.24) is 5.32 Å². The molecular formula is C18H30IN3O. The van der Waals surface area contributed by atoms with Gasteiger partial charge in [-0.1, -0.05) is 50.5 Å². The van der Waals surface area contributed by atoms with Crippen LogP contribution >= 0.6 is 24.0 Å². The third kappa shape index (κ3) is 7.52. The molecule has 1 fully saturated rings. The summed E-state index contributed by atoms with van der Waals surface area (Å²) in [5.74, 6) is 0.566. The second kappa shape index (κ2) is 11.7. The number of halogens is 1. The molecule has 0 amide bonds. The molecule has 1 aromatic carbocycles. The topological polar surface area (TPSA) is 59.6 Å². The molecule has 1 aliphatic carbocycles. The normalized spacial score (nSPS) is 16.0. The zero-order valence-electron chi connectivity index (χ0n) is 14.1. The highest BCUT2D eigenvalue weighted by Crippen LogP contribution is 2.17. The Kier molecular flexibility index (Phi) is 10.3. The van der Waals surface area contributed by atoms with Crippen molar-refractivity contribution >= 4 is 29.9 Å². The van der Waals surface area contributed by atoms with Gasteiger partial charge in [0.25, 0.3) is 0 Å². The molecule has 130 valence electrons. The summed E-state index contributed by atoms with van der Waals surface area (Å²) in [6, 6.07) is 8.79. The van der Waals surface area contributed by atoms with E-state index in [9.17, 15) is 0 Å². The Morgan fingerprint density at radius 1 is 1.22 bits per heavy atom. The minimum absolute atomic E-state index is 0. The minimum Gasteiger partial charge on any atom is -0.377 e. The largest absolute Gasteiger partial charge is 0.377 e. The van der Waals surface area contributed by atoms with Crippen molar-refractivity contribution in [3.63, 3.8) is 0 Å². The lowest BCUT2D eigenvalue weighted by Crippen LogP contribution is -2.41. The highest BCUT2D eigenvalue weighted by atomic mass is 127. The molecule has 0 bridgehead atoms. The van der Waals surface area contributed by atoms with Gasteiger partial charge in [0.15, 0.2) is 5.96 Å². The number of nitrogens with one attached hydrogen (secondary N) is 1. The van der Waals surface area contributed by atoms with Gasteiger partial charge in [0, 0.05) is 12.6 Å². The van der Waals surface area contributed by atoms with Gasteiger partial charge in [0.1, 0.15) is 0 Å². The number of hydrogen-bond acceptors (Lipinski definition) is 2. The molecule has 0 atom stereocenters. The number of aliphatic imine (C=N–C) groups is 1. The van der Waals surface area contributed by atoms with E-state index in [4.69, 9.17) is 10.5 Å². The predicted molar refractivity (Wildman–Crippen MR) is 107 cm³/mol. The van der Waals surface area contributed by atoms with Crippen LogP contribution in [0.3, 0.4) is 0 Å². The second-order valence-corrected chi connectivity index (χ2v) is 6.00. The molecule has 0 aromatic heterocycles. The maximum Gasteiger partial charge on any atom is 0.189 e. The number of hydrogen-bond donors (Lipinski definition) is 2. The molecule has 0 aliphatic heterocycles. The first-order chi connectivity index (χ1) is 10.8. The lowest BCUT2D eigenvalue weighted by molar-refractivity contribution is 0.121. The van der Waals surface area contributed by atoms with Crippen LogP contribution in [0, 0.1) is 0 Å². The Balaban J connectivity index is 0.00000264. The molecule has 0 radical (unpaired) electrons. The summed E-state index contributed by atoms with van der Waals surface area (Å²) in [6.45, 7) is 4.17. The first-order valence-corrected chi connectivity index (χ1v) is 8.50. The fourth-order valence-corrected chi connectivity index (χ4v) is 2.85. The summed E-state index contributed by atoms with van der Waals surface area (Å²) in [7, 11) is 0. The van der Waals surface area contributed by atoms with Gasteiger partial charge in [-0.25, -0.2) is 4.99 Å². The number of guanidine groups is 1. The lowest BCUT2D eigenvalue weighted by Gasteiger charge is -2.23. The van der Waals surface area contributed by atoms with Crippen LogP contribution in [0.4, 0.5) is 0 Å². The highest BCUT2D eigenvalue weighted by Gasteiger charge is 2.13. The average molecular weight is 431 g/mol. The maximum atomic E-state index is 6.03. The Labute approximate surface area is 157 Å². The Bertz CT molecular complexity index is 473. The summed E-state index contributed by atoms with van der Waals surface area (Å²) >= 11 is 0. The van der Waals surface area contributed by atoms with Crippen LogP contribution < -0.4 is 11.1 Å². The van der Waals surface area contributed by atoms with Gasteiger partial charge in [-0.3, -0.25) is 0 Å². The summed E-state index contributed by atoms with van der Waals surface area (Å²) in [6.07, 6.45) is 7.39. The molecule has 23 heavy (non-hydrogen) atoms. The van der Waals surface area contributed by atoms with Crippen molar-refractivity contribution in [2.24, 2.45) is 10.7 Å². The van der Waals surface area contributed by atoms with E-state index in [-0.39, 0.29) is 24.0 Å². The molecule has 2 rings (SSSR count). The predicted octanol–water partition coefficient (Wildman–Crippen LogP) is 3.97. The second-order valence-electron chi connectivity index (χ2n) is 6.00. The van der Waals surface area contributed by atoms with Crippen LogP contribution in [-0.2, 0) is 17.9 Å². The van der Waals surface area contributed by atoms with Crippen LogP contribution in [0.2, 0.25) is 0 Å². The third-order valence-electron chi connectivity index (χ3n) is 4.10. The van der Waals surface area contributed by atoms with Crippen LogP contribution in [0.25, 0.3) is 0 Å². The zero-order valence-corrected chi connectivity index (χ0v) is 16.4. The zero-order chi connectivity index (χ0) is 15.6. The molecule has 1 aromatic rings. The van der Waals surface area contributed by atoms with Crippen molar-refractivity contribution in [1.29, 1.82) is 0 Å². The molecule has 0 heterocycles. The Morgan fingerprint density at radius 2 is 1.91 bits per heavy atom. The molecule has 1 saturated carbocycles. The quantitative estimate of drug-likeness (QED) is 0.297. The highest BCUT2D eigenvalue weighted by molar-refractivity contribution is 14.0. The summed E-state index contributed by atoms with van der Waals surface area (Å²) in [5.41, 5.74) is 8.42. The van der Waals surface area contributed by atoms with Crippen molar-refractivity contribution in [3.05, 3.63) is 35.4 Å². The van der Waals surface area contributed by atoms with Crippen molar-refractivity contribution < 1.29 is 4.74 Å². The summed E-state index contributed by atoms with van der Waals surface area (Å²) < 4.78 is 5.64. The van der Waals surface area contributed by atoms with E-state index in [1.54, 1.807) is 0 Å². The van der Waals surface area contributed by atoms with Gasteiger partial charge < -0.3 is 15.8 Å². The van der Waals surface area contributed by atoms with Gasteiger partial charge in [-0.15, -0.1) is 24.0 Å². The Hall–Kier alpha value is -0.820. The van der Waals surface area contributed by atoms with Crippen LogP contribution in [-0.4, -0.2) is 18.6 Å². The fourth-order valence-electron chi connectivity index (χ4n) is 2.85. The molecule has 0 spiro atoms. The van der Waals surface area contributed by atoms with Crippen molar-refractivity contribution in [2.75, 3.05) is 6.61 Å². The monoisotopic (exact) mass is 431 g/mol. The molecule has 3 N–H and O–H groups in total. The van der Waals surface area contributed by atoms with Gasteiger partial charge in [0.05, 0.1) is 13.2 Å². The van der Waals surface area contributed by atoms with Crippen molar-refractivity contribution in [2.45, 2.75) is 64.6 Å². The van der Waals surface area contributed by atoms with Crippen LogP contribution in [0.5, 0.6) is 0 Å². The average Bonchev–Trinajstić information content (AvgIpc) is 2.55. The number of benzene rings is 1. The SMILES string of the molecule is CCCOCc1ccccc1CN=C(N)NC1CCCCC1.I. The number of rotatable bonds is 7. The van der Waals surface area contributed by atoms with E-state index in [1.807, 2.05) is 12.1 Å². The first-order valence-electron chi connectivity index (χ1n) is 8.50. The van der Waals surface area contributed by atoms with Gasteiger partial charge in [0.2, 0.25) is 0 Å². The van der Waals surface area contributed by atoms with E-state index in [1.165, 1.54) is 43.2 Å². The van der Waals surface area contributed by atoms with Gasteiger partial charge in [-0.2, -0.15) is 0 Å². The molecule has 4 nitrogen and oxygen atoms in total. The molecule has 1 aliphatic rings. The number of nitrogens with zero attached hydrogens (tertiary/aromatic N) is 1. The van der Waals surface area contributed by atoms with Crippen LogP contribution in [0.1, 0.15) is 56.6 Å². The van der Waals surface area contributed by atoms with E-state index in [0.29, 0.717) is 25.2 Å². The van der Waals surface area contributed by atoms with E-state index < -0.39 is 0 Å². The number of nitrogens with two attached hydrogens (primary N) is 1. The smallest absolute Gasteiger partial charge is 0.189 e. The molecule has 5 heteroatoms. The molecule has 0 saturated heterocycles. The summed E-state index contributed by atoms with van der Waals surface area (Å²) in [4.78, 5) is 4.51. The van der Waals surface area contributed by atoms with E-state index >= 15 is 0 Å². The number of ether oxygens (including phenoxy) is 1. The van der Waals surface area contributed by atoms with Crippen LogP contribution in [0.15, 0.2) is 29.3 Å². The summed E-state index contributed by atoms with van der Waals surface area (Å²) in [5, 5.41) is 3.36. The molecule has 0 unspecified atom stereocenters. The molecular weight excluding hydrogens is 401 g/mol. The van der Waals surface area contributed by atoms with E-state index in [0.717, 1.165) is 13.0 Å². The Morgan fingerprint density at radius 3 is 2.61 bits per heavy atom. The standard InChI is InChI=1S/C18H29N3O.HI/c1-2-12-22-14-16-9-7-6-8-15(16)13-20-18(19)21-17-10-4-3-5-11-17;/h6-9,17H,2-5,10-14H2,1H3,(H3,19,20,21);1H. The van der Waals surface area contributed by atoms with Gasteiger partial charge in [-0.05, 0) is 30.4 Å². The fraction of sp³-hybridized carbons (Fsp3) is 0.611. The lowest BCUT2D eigenvalue weighted by atomic mass is 9.96.